The van der Waals surface area contributed by atoms with Crippen LogP contribution in [0.5, 0.6) is 0 Å². The minimum absolute atomic E-state index is 0.0905. The van der Waals surface area contributed by atoms with E-state index in [0.717, 1.165) is 6.08 Å². The van der Waals surface area contributed by atoms with Crippen molar-refractivity contribution in [2.45, 2.75) is 51.0 Å². The first kappa shape index (κ1) is 22.4. The van der Waals surface area contributed by atoms with E-state index in [1.165, 1.54) is 17.9 Å². The molecule has 0 unspecified atom stereocenters. The van der Waals surface area contributed by atoms with Gasteiger partial charge in [-0.05, 0) is 32.9 Å². The van der Waals surface area contributed by atoms with Crippen LogP contribution in [0.3, 0.4) is 0 Å². The number of Topliss-reactive ketones (excluding diaryl/α,β-unsaturated/α-hetero) is 2. The molecule has 0 aromatic rings. The van der Waals surface area contributed by atoms with E-state index in [-0.39, 0.29) is 22.3 Å². The number of nitrogens with zero attached hydrogens (tertiary/aromatic N) is 1. The van der Waals surface area contributed by atoms with Crippen LogP contribution in [-0.4, -0.2) is 85.4 Å². The van der Waals surface area contributed by atoms with Crippen molar-refractivity contribution in [3.8, 4) is 0 Å². The molecule has 0 amide bonds. The monoisotopic (exact) mass is 471 g/mol. The Hall–Kier alpha value is -3.38. The zero-order valence-electron chi connectivity index (χ0n) is 18.4. The molecule has 5 atom stereocenters. The Kier molecular flexibility index (Phi) is 4.65. The van der Waals surface area contributed by atoms with Gasteiger partial charge in [-0.25, -0.2) is 0 Å². The number of aliphatic hydroxyl groups excluding tert-OH is 2. The first-order valence-corrected chi connectivity index (χ1v) is 10.5. The second-order valence-electron chi connectivity index (χ2n) is 8.85. The van der Waals surface area contributed by atoms with E-state index in [9.17, 15) is 39.6 Å². The normalized spacial score (nSPS) is 34.9. The molecule has 3 aliphatic heterocycles. The van der Waals surface area contributed by atoms with Crippen LogP contribution < -0.4 is 0 Å². The largest absolute Gasteiger partial charge is 0.480 e. The highest BCUT2D eigenvalue weighted by molar-refractivity contribution is 6.34. The summed E-state index contributed by atoms with van der Waals surface area (Å²) in [5.41, 5.74) is -2.39. The zero-order chi connectivity index (χ0) is 24.9. The van der Waals surface area contributed by atoms with Crippen molar-refractivity contribution in [3.63, 3.8) is 0 Å². The topological polar surface area (TPSA) is 171 Å². The van der Waals surface area contributed by atoms with E-state index >= 15 is 0 Å². The van der Waals surface area contributed by atoms with Crippen LogP contribution in [0, 0.1) is 0 Å². The average Bonchev–Trinajstić information content (AvgIpc) is 3.17. The standard InChI is InChI=1S/C23H21NO10/c1-7-4-10-14(8(2)24(7)6-13(26)27)18(29)11-5-12(25)16-20(19(30)15(10)11)34-22-23(16,32)21(31)17(28)9(3)33-22/h4-5,9,17,21-22,28,31-32H,6H2,1-3H3,(H,26,27)/t9-,17+,21-,22+,23-/m1/s1. The molecule has 2 aliphatic carbocycles. The molecule has 5 aliphatic rings. The number of carbonyl (C=O) groups is 4. The molecule has 1 fully saturated rings. The Labute approximate surface area is 192 Å². The molecule has 11 nitrogen and oxygen atoms in total. The number of aliphatic carboxylic acids is 1. The summed E-state index contributed by atoms with van der Waals surface area (Å²) in [7, 11) is 0. The first-order valence-electron chi connectivity index (χ1n) is 10.5. The van der Waals surface area contributed by atoms with E-state index < -0.39 is 71.4 Å². The van der Waals surface area contributed by atoms with Crippen LogP contribution in [0.15, 0.2) is 57.2 Å². The molecule has 0 aromatic carbocycles. The molecule has 34 heavy (non-hydrogen) atoms. The number of carboxylic acid groups (broad SMARTS) is 1. The van der Waals surface area contributed by atoms with Crippen LogP contribution >= 0.6 is 0 Å². The van der Waals surface area contributed by atoms with E-state index in [4.69, 9.17) is 9.47 Å². The number of ketones is 3. The van der Waals surface area contributed by atoms with Gasteiger partial charge in [0, 0.05) is 33.7 Å². The molecule has 0 aromatic heterocycles. The van der Waals surface area contributed by atoms with E-state index in [1.54, 1.807) is 13.8 Å². The van der Waals surface area contributed by atoms with Crippen LogP contribution in [0.1, 0.15) is 20.8 Å². The number of fused-ring (bicyclic) bond motifs is 4. The fraction of sp³-hybridized carbons (Fsp3) is 0.391. The molecule has 11 heteroatoms. The fourth-order valence-corrected chi connectivity index (χ4v) is 5.15. The predicted octanol–water partition coefficient (Wildman–Crippen LogP) is -0.996. The van der Waals surface area contributed by atoms with Crippen LogP contribution in [-0.2, 0) is 28.7 Å². The number of aliphatic hydroxyl groups is 3. The van der Waals surface area contributed by atoms with Gasteiger partial charge in [-0.3, -0.25) is 19.2 Å². The molecular weight excluding hydrogens is 450 g/mol. The number of rotatable bonds is 2. The maximum Gasteiger partial charge on any atom is 0.323 e. The number of allylic oxidation sites excluding steroid dienone is 8. The van der Waals surface area contributed by atoms with Gasteiger partial charge >= 0.3 is 5.97 Å². The van der Waals surface area contributed by atoms with Gasteiger partial charge in [0.25, 0.3) is 0 Å². The van der Waals surface area contributed by atoms with Crippen molar-refractivity contribution < 1.29 is 49.1 Å². The summed E-state index contributed by atoms with van der Waals surface area (Å²) in [6, 6.07) is 0. The van der Waals surface area contributed by atoms with E-state index in [0.29, 0.717) is 11.4 Å². The highest BCUT2D eigenvalue weighted by atomic mass is 16.7. The summed E-state index contributed by atoms with van der Waals surface area (Å²) in [5, 5.41) is 41.3. The highest BCUT2D eigenvalue weighted by Gasteiger charge is 2.65. The smallest absolute Gasteiger partial charge is 0.323 e. The van der Waals surface area contributed by atoms with Crippen molar-refractivity contribution in [2.24, 2.45) is 0 Å². The van der Waals surface area contributed by atoms with Gasteiger partial charge < -0.3 is 34.8 Å². The van der Waals surface area contributed by atoms with Gasteiger partial charge in [0.05, 0.1) is 11.7 Å². The summed E-state index contributed by atoms with van der Waals surface area (Å²) in [5.74, 6) is -4.15. The van der Waals surface area contributed by atoms with Crippen LogP contribution in [0.4, 0.5) is 0 Å². The average molecular weight is 471 g/mol. The molecule has 0 saturated carbocycles. The second-order valence-corrected chi connectivity index (χ2v) is 8.85. The fourth-order valence-electron chi connectivity index (χ4n) is 5.15. The lowest BCUT2D eigenvalue weighted by atomic mass is 9.79. The van der Waals surface area contributed by atoms with Crippen molar-refractivity contribution >= 4 is 23.3 Å². The zero-order valence-corrected chi connectivity index (χ0v) is 18.4. The summed E-state index contributed by atoms with van der Waals surface area (Å²) in [6.07, 6.45) is -3.66. The molecule has 1 saturated heterocycles. The SMILES string of the molecule is CC1=CC2=C3C(=O)C4=C(C(=O)C=C3C(=O)C2=C(C)N1CC(=O)O)[C@]1(O)[C@H](O4)O[C@H](C)[C@H](O)[C@H]1O. The van der Waals surface area contributed by atoms with Crippen LogP contribution in [0.25, 0.3) is 0 Å². The maximum atomic E-state index is 13.6. The summed E-state index contributed by atoms with van der Waals surface area (Å²) >= 11 is 0. The van der Waals surface area contributed by atoms with Gasteiger partial charge in [-0.15, -0.1) is 0 Å². The van der Waals surface area contributed by atoms with Gasteiger partial charge in [0.1, 0.15) is 18.8 Å². The third-order valence-corrected chi connectivity index (χ3v) is 6.88. The number of carboxylic acids is 1. The van der Waals surface area contributed by atoms with E-state index in [2.05, 4.69) is 0 Å². The minimum atomic E-state index is -2.52. The summed E-state index contributed by atoms with van der Waals surface area (Å²) < 4.78 is 11.0. The Bertz CT molecular complexity index is 1260. The first-order chi connectivity index (χ1) is 15.9. The summed E-state index contributed by atoms with van der Waals surface area (Å²) in [6.45, 7) is 4.20. The lowest BCUT2D eigenvalue weighted by Gasteiger charge is -2.43. The quantitative estimate of drug-likeness (QED) is 0.389. The Morgan fingerprint density at radius 2 is 1.79 bits per heavy atom. The van der Waals surface area contributed by atoms with Gasteiger partial charge in [0.2, 0.25) is 12.1 Å². The molecule has 178 valence electrons. The number of carbonyl (C=O) groups excluding carboxylic acids is 3. The van der Waals surface area contributed by atoms with Crippen molar-refractivity contribution in [3.05, 3.63) is 57.2 Å². The Balaban J connectivity index is 1.70. The molecule has 0 radical (unpaired) electrons. The number of hydrogen-bond donors (Lipinski definition) is 4. The van der Waals surface area contributed by atoms with Crippen LogP contribution in [0.2, 0.25) is 0 Å². The second kappa shape index (κ2) is 7.06. The lowest BCUT2D eigenvalue weighted by molar-refractivity contribution is -0.299. The predicted molar refractivity (Wildman–Crippen MR) is 110 cm³/mol. The minimum Gasteiger partial charge on any atom is -0.480 e. The Morgan fingerprint density at radius 3 is 2.44 bits per heavy atom. The third-order valence-electron chi connectivity index (χ3n) is 6.88. The van der Waals surface area contributed by atoms with Crippen molar-refractivity contribution in [1.82, 2.24) is 4.90 Å². The third kappa shape index (κ3) is 2.66. The van der Waals surface area contributed by atoms with Crippen molar-refractivity contribution in [1.29, 1.82) is 0 Å². The molecule has 0 bridgehead atoms. The lowest BCUT2D eigenvalue weighted by Crippen LogP contribution is -2.65. The highest BCUT2D eigenvalue weighted by Crippen LogP contribution is 2.49. The number of ether oxygens (including phenoxy) is 2. The Morgan fingerprint density at radius 1 is 1.12 bits per heavy atom. The van der Waals surface area contributed by atoms with Gasteiger partial charge in [0.15, 0.2) is 22.9 Å². The van der Waals surface area contributed by atoms with Gasteiger partial charge in [-0.2, -0.15) is 0 Å². The molecular formula is C23H21NO10. The maximum absolute atomic E-state index is 13.6. The molecule has 0 spiro atoms. The molecule has 3 heterocycles. The molecule has 5 rings (SSSR count). The van der Waals surface area contributed by atoms with Crippen molar-refractivity contribution in [2.75, 3.05) is 6.54 Å². The summed E-state index contributed by atoms with van der Waals surface area (Å²) in [4.78, 5) is 52.8. The van der Waals surface area contributed by atoms with E-state index in [1.807, 2.05) is 0 Å². The van der Waals surface area contributed by atoms with Gasteiger partial charge in [-0.1, -0.05) is 0 Å². The molecule has 4 N–H and O–H groups in total. The number of hydrogen-bond acceptors (Lipinski definition) is 10.